The van der Waals surface area contributed by atoms with E-state index in [1.54, 1.807) is 12.1 Å². The summed E-state index contributed by atoms with van der Waals surface area (Å²) in [5.74, 6) is -1.23. The fourth-order valence-electron chi connectivity index (χ4n) is 2.16. The molecule has 116 valence electrons. The number of benzene rings is 1. The van der Waals surface area contributed by atoms with E-state index in [1.165, 1.54) is 24.5 Å². The number of pyridine rings is 1. The summed E-state index contributed by atoms with van der Waals surface area (Å²) in [6, 6.07) is 8.06. The number of anilines is 1. The van der Waals surface area contributed by atoms with E-state index in [9.17, 15) is 13.2 Å². The summed E-state index contributed by atoms with van der Waals surface area (Å²) in [5, 5.41) is 9.07. The van der Waals surface area contributed by atoms with Gasteiger partial charge >= 0.3 is 5.97 Å². The number of hydrogen-bond acceptors (Lipinski definition) is 4. The van der Waals surface area contributed by atoms with Crippen LogP contribution < -0.4 is 4.31 Å². The maximum absolute atomic E-state index is 12.7. The van der Waals surface area contributed by atoms with Gasteiger partial charge in [-0.05, 0) is 49.2 Å². The van der Waals surface area contributed by atoms with Crippen molar-refractivity contribution in [3.63, 3.8) is 0 Å². The van der Waals surface area contributed by atoms with E-state index in [0.29, 0.717) is 5.69 Å². The van der Waals surface area contributed by atoms with Gasteiger partial charge in [0.05, 0.1) is 5.69 Å². The van der Waals surface area contributed by atoms with Crippen molar-refractivity contribution in [3.8, 4) is 0 Å². The molecule has 0 saturated heterocycles. The van der Waals surface area contributed by atoms with Crippen molar-refractivity contribution in [2.45, 2.75) is 18.7 Å². The van der Waals surface area contributed by atoms with Crippen molar-refractivity contribution in [2.75, 3.05) is 10.8 Å². The molecule has 2 aromatic rings. The summed E-state index contributed by atoms with van der Waals surface area (Å²) >= 11 is 0. The Labute approximate surface area is 129 Å². The molecule has 1 aromatic carbocycles. The maximum Gasteiger partial charge on any atom is 0.324 e. The minimum atomic E-state index is -3.99. The number of carbonyl (C=O) groups is 1. The van der Waals surface area contributed by atoms with Crippen LogP contribution in [0.5, 0.6) is 0 Å². The minimum absolute atomic E-state index is 0.0459. The van der Waals surface area contributed by atoms with Crippen LogP contribution in [-0.4, -0.2) is 31.0 Å². The maximum atomic E-state index is 12.7. The first kappa shape index (κ1) is 16.0. The summed E-state index contributed by atoms with van der Waals surface area (Å²) in [6.07, 6.45) is 2.66. The lowest BCUT2D eigenvalue weighted by Crippen LogP contribution is -2.35. The molecule has 0 bridgehead atoms. The Balaban J connectivity index is 2.58. The van der Waals surface area contributed by atoms with Crippen LogP contribution >= 0.6 is 0 Å². The molecule has 22 heavy (non-hydrogen) atoms. The van der Waals surface area contributed by atoms with E-state index in [4.69, 9.17) is 5.11 Å². The molecule has 1 N–H and O–H groups in total. The number of rotatable bonds is 5. The van der Waals surface area contributed by atoms with Gasteiger partial charge in [0.2, 0.25) is 0 Å². The molecule has 0 aliphatic carbocycles. The highest BCUT2D eigenvalue weighted by atomic mass is 32.2. The molecule has 0 saturated carbocycles. The number of aryl methyl sites for hydroxylation is 2. The molecule has 0 atom stereocenters. The summed E-state index contributed by atoms with van der Waals surface area (Å²) in [5.41, 5.74) is 2.03. The van der Waals surface area contributed by atoms with Crippen LogP contribution in [-0.2, 0) is 14.8 Å². The van der Waals surface area contributed by atoms with Gasteiger partial charge < -0.3 is 5.11 Å². The van der Waals surface area contributed by atoms with E-state index in [-0.39, 0.29) is 4.90 Å². The molecule has 0 aliphatic rings. The smallest absolute Gasteiger partial charge is 0.324 e. The Morgan fingerprint density at radius 1 is 1.23 bits per heavy atom. The first-order chi connectivity index (χ1) is 10.3. The van der Waals surface area contributed by atoms with Crippen LogP contribution in [0.1, 0.15) is 11.1 Å². The fraction of sp³-hybridized carbons (Fsp3) is 0.200. The van der Waals surface area contributed by atoms with Crippen LogP contribution in [0.15, 0.2) is 47.6 Å². The highest BCUT2D eigenvalue weighted by Gasteiger charge is 2.27. The average Bonchev–Trinajstić information content (AvgIpc) is 2.44. The predicted molar refractivity (Wildman–Crippen MR) is 82.3 cm³/mol. The highest BCUT2D eigenvalue weighted by molar-refractivity contribution is 7.92. The first-order valence-corrected chi connectivity index (χ1v) is 7.97. The lowest BCUT2D eigenvalue weighted by atomic mass is 10.1. The zero-order valence-corrected chi connectivity index (χ0v) is 13.0. The summed E-state index contributed by atoms with van der Waals surface area (Å²) in [6.45, 7) is 3.00. The molecule has 6 nitrogen and oxygen atoms in total. The highest BCUT2D eigenvalue weighted by Crippen LogP contribution is 2.25. The molecule has 0 radical (unpaired) electrons. The van der Waals surface area contributed by atoms with Gasteiger partial charge in [-0.15, -0.1) is 0 Å². The number of aromatic nitrogens is 1. The molecule has 1 aromatic heterocycles. The SMILES string of the molecule is Cc1cc(C)cc(N(CC(=O)O)S(=O)(=O)c2cccnc2)c1. The Bertz CT molecular complexity index is 768. The van der Waals surface area contributed by atoms with E-state index < -0.39 is 22.5 Å². The van der Waals surface area contributed by atoms with Gasteiger partial charge in [0.25, 0.3) is 10.0 Å². The standard InChI is InChI=1S/C15H16N2O4S/c1-11-6-12(2)8-13(7-11)17(10-15(18)19)22(20,21)14-4-3-5-16-9-14/h3-9H,10H2,1-2H3,(H,18,19). The summed E-state index contributed by atoms with van der Waals surface area (Å²) in [4.78, 5) is 14.9. The van der Waals surface area contributed by atoms with Crippen molar-refractivity contribution in [1.82, 2.24) is 4.98 Å². The van der Waals surface area contributed by atoms with Crippen molar-refractivity contribution in [3.05, 3.63) is 53.9 Å². The van der Waals surface area contributed by atoms with Crippen molar-refractivity contribution < 1.29 is 18.3 Å². The van der Waals surface area contributed by atoms with Gasteiger partial charge in [0.15, 0.2) is 0 Å². The van der Waals surface area contributed by atoms with Crippen LogP contribution in [0.3, 0.4) is 0 Å². The third-order valence-corrected chi connectivity index (χ3v) is 4.75. The van der Waals surface area contributed by atoms with Crippen LogP contribution in [0, 0.1) is 13.8 Å². The second kappa shape index (κ2) is 6.15. The summed E-state index contributed by atoms with van der Waals surface area (Å²) in [7, 11) is -3.99. The molecular formula is C15H16N2O4S. The lowest BCUT2D eigenvalue weighted by Gasteiger charge is -2.23. The molecule has 0 amide bonds. The zero-order valence-electron chi connectivity index (χ0n) is 12.2. The Morgan fingerprint density at radius 2 is 1.86 bits per heavy atom. The molecule has 7 heteroatoms. The number of carboxylic acids is 1. The largest absolute Gasteiger partial charge is 0.480 e. The van der Waals surface area contributed by atoms with E-state index in [0.717, 1.165) is 15.4 Å². The quantitative estimate of drug-likeness (QED) is 0.910. The third-order valence-electron chi connectivity index (χ3n) is 3.00. The molecule has 0 aliphatic heterocycles. The molecule has 2 rings (SSSR count). The monoisotopic (exact) mass is 320 g/mol. The first-order valence-electron chi connectivity index (χ1n) is 6.53. The second-order valence-corrected chi connectivity index (χ2v) is 6.80. The van der Waals surface area contributed by atoms with Crippen molar-refractivity contribution in [2.24, 2.45) is 0 Å². The summed E-state index contributed by atoms with van der Waals surface area (Å²) < 4.78 is 26.3. The van der Waals surface area contributed by atoms with Crippen molar-refractivity contribution >= 4 is 21.7 Å². The molecule has 1 heterocycles. The molecule has 0 unspecified atom stereocenters. The van der Waals surface area contributed by atoms with Gasteiger partial charge in [-0.2, -0.15) is 0 Å². The van der Waals surface area contributed by atoms with Gasteiger partial charge in [-0.25, -0.2) is 8.42 Å². The van der Waals surface area contributed by atoms with Crippen LogP contribution in [0.25, 0.3) is 0 Å². The predicted octanol–water partition coefficient (Wildman–Crippen LogP) is 1.98. The topological polar surface area (TPSA) is 87.6 Å². The number of carboxylic acid groups (broad SMARTS) is 1. The Hall–Kier alpha value is -2.41. The van der Waals surface area contributed by atoms with E-state index in [2.05, 4.69) is 4.98 Å². The van der Waals surface area contributed by atoms with E-state index >= 15 is 0 Å². The van der Waals surface area contributed by atoms with Crippen molar-refractivity contribution in [1.29, 1.82) is 0 Å². The van der Waals surface area contributed by atoms with Gasteiger partial charge in [-0.3, -0.25) is 14.1 Å². The number of hydrogen-bond donors (Lipinski definition) is 1. The minimum Gasteiger partial charge on any atom is -0.480 e. The zero-order chi connectivity index (χ0) is 16.3. The molecular weight excluding hydrogens is 304 g/mol. The van der Waals surface area contributed by atoms with Crippen LogP contribution in [0.2, 0.25) is 0 Å². The van der Waals surface area contributed by atoms with Gasteiger partial charge in [-0.1, -0.05) is 6.07 Å². The van der Waals surface area contributed by atoms with Gasteiger partial charge in [0, 0.05) is 12.4 Å². The van der Waals surface area contributed by atoms with E-state index in [1.807, 2.05) is 19.9 Å². The Kier molecular flexibility index (Phi) is 4.46. The lowest BCUT2D eigenvalue weighted by molar-refractivity contribution is -0.135. The van der Waals surface area contributed by atoms with Crippen LogP contribution in [0.4, 0.5) is 5.69 Å². The normalized spacial score (nSPS) is 11.2. The number of nitrogens with zero attached hydrogens (tertiary/aromatic N) is 2. The third kappa shape index (κ3) is 3.43. The number of sulfonamides is 1. The molecule has 0 spiro atoms. The molecule has 0 fully saturated rings. The average molecular weight is 320 g/mol. The Morgan fingerprint density at radius 3 is 2.36 bits per heavy atom. The number of aliphatic carboxylic acids is 1. The fourth-order valence-corrected chi connectivity index (χ4v) is 3.52. The second-order valence-electron chi connectivity index (χ2n) is 4.94. The van der Waals surface area contributed by atoms with Gasteiger partial charge in [0.1, 0.15) is 11.4 Å².